The van der Waals surface area contributed by atoms with Crippen LogP contribution in [0, 0.1) is 10.1 Å². The Morgan fingerprint density at radius 2 is 1.96 bits per heavy atom. The molecule has 128 valence electrons. The summed E-state index contributed by atoms with van der Waals surface area (Å²) in [6.07, 6.45) is 2.79. The van der Waals surface area contributed by atoms with Crippen LogP contribution in [0.15, 0.2) is 61.2 Å². The van der Waals surface area contributed by atoms with E-state index in [1.54, 1.807) is 42.5 Å². The van der Waals surface area contributed by atoms with Crippen LogP contribution < -0.4 is 0 Å². The Morgan fingerprint density at radius 3 is 2.56 bits per heavy atom. The summed E-state index contributed by atoms with van der Waals surface area (Å²) in [5.74, 6) is 0. The summed E-state index contributed by atoms with van der Waals surface area (Å²) in [7, 11) is 0. The summed E-state index contributed by atoms with van der Waals surface area (Å²) in [5.41, 5.74) is -0.566. The molecule has 9 heteroatoms. The van der Waals surface area contributed by atoms with Crippen LogP contribution in [0.25, 0.3) is 0 Å². The molecule has 1 aromatic heterocycles. The van der Waals surface area contributed by atoms with Gasteiger partial charge in [-0.1, -0.05) is 59.6 Å². The summed E-state index contributed by atoms with van der Waals surface area (Å²) in [4.78, 5) is 20.4. The summed E-state index contributed by atoms with van der Waals surface area (Å²) >= 11 is 12.3. The zero-order valence-electron chi connectivity index (χ0n) is 12.8. The Labute approximate surface area is 152 Å². The lowest BCUT2D eigenvalue weighted by Gasteiger charge is -2.33. The van der Waals surface area contributed by atoms with Crippen molar-refractivity contribution in [3.05, 3.63) is 92.5 Å². The minimum Gasteiger partial charge on any atom is -0.296 e. The molecular weight excluding hydrogens is 367 g/mol. The van der Waals surface area contributed by atoms with Crippen LogP contribution in [0.4, 0.5) is 0 Å². The first kappa shape index (κ1) is 17.2. The van der Waals surface area contributed by atoms with E-state index in [9.17, 15) is 10.1 Å². The van der Waals surface area contributed by atoms with Gasteiger partial charge < -0.3 is 0 Å². The highest BCUT2D eigenvalue weighted by molar-refractivity contribution is 6.35. The third-order valence-corrected chi connectivity index (χ3v) is 4.24. The number of halogens is 2. The molecule has 1 atom stereocenters. The van der Waals surface area contributed by atoms with Crippen molar-refractivity contribution in [1.29, 1.82) is 0 Å². The first-order chi connectivity index (χ1) is 12.0. The van der Waals surface area contributed by atoms with Crippen LogP contribution in [-0.4, -0.2) is 19.9 Å². The quantitative estimate of drug-likeness (QED) is 0.481. The van der Waals surface area contributed by atoms with Gasteiger partial charge in [0, 0.05) is 15.6 Å². The van der Waals surface area contributed by atoms with E-state index in [0.29, 0.717) is 16.1 Å². The zero-order valence-corrected chi connectivity index (χ0v) is 14.3. The number of hydrogen-bond acceptors (Lipinski definition) is 5. The van der Waals surface area contributed by atoms with Gasteiger partial charge in [0.25, 0.3) is 5.09 Å². The van der Waals surface area contributed by atoms with E-state index in [1.807, 2.05) is 0 Å². The van der Waals surface area contributed by atoms with Crippen LogP contribution in [0.3, 0.4) is 0 Å². The monoisotopic (exact) mass is 378 g/mol. The van der Waals surface area contributed by atoms with Gasteiger partial charge in [-0.15, -0.1) is 10.1 Å². The highest BCUT2D eigenvalue weighted by Gasteiger charge is 2.41. The summed E-state index contributed by atoms with van der Waals surface area (Å²) < 4.78 is 1.45. The molecule has 1 unspecified atom stereocenters. The van der Waals surface area contributed by atoms with Gasteiger partial charge in [-0.05, 0) is 17.7 Å². The summed E-state index contributed by atoms with van der Waals surface area (Å²) in [6, 6.07) is 13.5. The summed E-state index contributed by atoms with van der Waals surface area (Å²) in [6.45, 7) is -0.000649. The van der Waals surface area contributed by atoms with Crippen molar-refractivity contribution in [2.45, 2.75) is 12.1 Å². The maximum atomic E-state index is 11.3. The second-order valence-corrected chi connectivity index (χ2v) is 6.07. The van der Waals surface area contributed by atoms with E-state index >= 15 is 0 Å². The molecule has 0 saturated carbocycles. The molecule has 0 amide bonds. The van der Waals surface area contributed by atoms with E-state index < -0.39 is 10.7 Å². The minimum atomic E-state index is -1.51. The van der Waals surface area contributed by atoms with Gasteiger partial charge in [-0.3, -0.25) is 4.84 Å². The SMILES string of the molecule is O=[N+]([O-])OC(Cn1cncn1)(c1ccccc1)c1ccc(Cl)cc1Cl. The van der Waals surface area contributed by atoms with Crippen molar-refractivity contribution in [2.75, 3.05) is 0 Å². The molecule has 0 bridgehead atoms. The molecule has 0 aliphatic carbocycles. The van der Waals surface area contributed by atoms with Crippen LogP contribution in [0.2, 0.25) is 10.0 Å². The maximum absolute atomic E-state index is 11.3. The van der Waals surface area contributed by atoms with Crippen LogP contribution >= 0.6 is 23.2 Å². The van der Waals surface area contributed by atoms with Crippen molar-refractivity contribution in [3.63, 3.8) is 0 Å². The van der Waals surface area contributed by atoms with Crippen LogP contribution in [0.1, 0.15) is 11.1 Å². The molecule has 1 heterocycles. The topological polar surface area (TPSA) is 83.1 Å². The molecule has 0 spiro atoms. The fraction of sp³-hybridized carbons (Fsp3) is 0.125. The first-order valence-corrected chi connectivity index (χ1v) is 7.94. The van der Waals surface area contributed by atoms with Crippen LogP contribution in [0.5, 0.6) is 0 Å². The molecule has 0 N–H and O–H groups in total. The molecule has 0 saturated heterocycles. The fourth-order valence-electron chi connectivity index (χ4n) is 2.66. The second-order valence-electron chi connectivity index (χ2n) is 5.23. The molecule has 0 radical (unpaired) electrons. The molecule has 3 rings (SSSR count). The molecular formula is C16H12Cl2N4O3. The van der Waals surface area contributed by atoms with Gasteiger partial charge in [-0.2, -0.15) is 5.10 Å². The normalized spacial score (nSPS) is 13.2. The van der Waals surface area contributed by atoms with E-state index in [1.165, 1.54) is 23.4 Å². The van der Waals surface area contributed by atoms with Crippen molar-refractivity contribution >= 4 is 23.2 Å². The van der Waals surface area contributed by atoms with E-state index in [2.05, 4.69) is 10.1 Å². The smallest absolute Gasteiger partial charge is 0.295 e. The zero-order chi connectivity index (χ0) is 17.9. The van der Waals surface area contributed by atoms with Gasteiger partial charge in [0.15, 0.2) is 5.60 Å². The Morgan fingerprint density at radius 1 is 1.20 bits per heavy atom. The predicted molar refractivity (Wildman–Crippen MR) is 91.8 cm³/mol. The first-order valence-electron chi connectivity index (χ1n) is 7.18. The van der Waals surface area contributed by atoms with Crippen molar-refractivity contribution in [1.82, 2.24) is 14.8 Å². The number of aromatic nitrogens is 3. The van der Waals surface area contributed by atoms with E-state index in [4.69, 9.17) is 28.0 Å². The maximum Gasteiger partial charge on any atom is 0.295 e. The minimum absolute atomic E-state index is 0.000649. The van der Waals surface area contributed by atoms with E-state index in [-0.39, 0.29) is 11.6 Å². The second kappa shape index (κ2) is 7.08. The molecule has 2 aromatic carbocycles. The highest BCUT2D eigenvalue weighted by Crippen LogP contribution is 2.40. The predicted octanol–water partition coefficient (Wildman–Crippen LogP) is 3.74. The Kier molecular flexibility index (Phi) is 4.87. The average molecular weight is 379 g/mol. The molecule has 0 aliphatic heterocycles. The highest BCUT2D eigenvalue weighted by atomic mass is 35.5. The summed E-state index contributed by atoms with van der Waals surface area (Å²) in [5, 5.41) is 15.2. The number of rotatable bonds is 6. The van der Waals surface area contributed by atoms with Gasteiger partial charge in [0.2, 0.25) is 0 Å². The standard InChI is InChI=1S/C16H12Cl2N4O3/c17-13-6-7-14(15(18)8-13)16(25-22(23)24,9-21-11-19-10-20-21)12-4-2-1-3-5-12/h1-8,10-11H,9H2. The van der Waals surface area contributed by atoms with Crippen molar-refractivity contribution < 1.29 is 9.92 Å². The van der Waals surface area contributed by atoms with Gasteiger partial charge in [-0.25, -0.2) is 9.67 Å². The van der Waals surface area contributed by atoms with Gasteiger partial charge in [0.1, 0.15) is 12.7 Å². The number of nitrogens with zero attached hydrogens (tertiary/aromatic N) is 4. The molecule has 0 aliphatic rings. The molecule has 25 heavy (non-hydrogen) atoms. The van der Waals surface area contributed by atoms with Crippen molar-refractivity contribution in [2.24, 2.45) is 0 Å². The molecule has 0 fully saturated rings. The fourth-order valence-corrected chi connectivity index (χ4v) is 3.22. The number of hydrogen-bond donors (Lipinski definition) is 0. The Balaban J connectivity index is 2.25. The largest absolute Gasteiger partial charge is 0.296 e. The Bertz CT molecular complexity index is 874. The Hall–Kier alpha value is -2.64. The van der Waals surface area contributed by atoms with Crippen molar-refractivity contribution in [3.8, 4) is 0 Å². The lowest BCUT2D eigenvalue weighted by molar-refractivity contribution is -0.782. The average Bonchev–Trinajstić information content (AvgIpc) is 3.07. The van der Waals surface area contributed by atoms with Gasteiger partial charge >= 0.3 is 0 Å². The lowest BCUT2D eigenvalue weighted by Crippen LogP contribution is -2.38. The molecule has 7 nitrogen and oxygen atoms in total. The third kappa shape index (κ3) is 3.57. The van der Waals surface area contributed by atoms with Crippen LogP contribution in [-0.2, 0) is 17.0 Å². The molecule has 3 aromatic rings. The number of benzene rings is 2. The lowest BCUT2D eigenvalue weighted by atomic mass is 9.86. The van der Waals surface area contributed by atoms with E-state index in [0.717, 1.165) is 0 Å². The third-order valence-electron chi connectivity index (χ3n) is 3.69. The van der Waals surface area contributed by atoms with Gasteiger partial charge in [0.05, 0.1) is 6.54 Å².